The van der Waals surface area contributed by atoms with Crippen molar-refractivity contribution in [3.05, 3.63) is 0 Å². The van der Waals surface area contributed by atoms with Gasteiger partial charge in [-0.1, -0.05) is 20.8 Å². The van der Waals surface area contributed by atoms with Gasteiger partial charge in [-0.25, -0.2) is 0 Å². The predicted molar refractivity (Wildman–Crippen MR) is 71.3 cm³/mol. The third-order valence-corrected chi connectivity index (χ3v) is 3.69. The van der Waals surface area contributed by atoms with Gasteiger partial charge in [0.25, 0.3) is 0 Å². The van der Waals surface area contributed by atoms with Crippen molar-refractivity contribution in [1.82, 2.24) is 0 Å². The van der Waals surface area contributed by atoms with Gasteiger partial charge in [-0.2, -0.15) is 0 Å². The van der Waals surface area contributed by atoms with Crippen LogP contribution in [0.3, 0.4) is 0 Å². The Bertz CT molecular complexity index is 184. The first-order valence-corrected chi connectivity index (χ1v) is 6.59. The lowest BCUT2D eigenvalue weighted by Crippen LogP contribution is -2.37. The fourth-order valence-corrected chi connectivity index (χ4v) is 1.75. The Morgan fingerprint density at radius 2 is 1.71 bits per heavy atom. The molecule has 0 aromatic heterocycles. The van der Waals surface area contributed by atoms with Crippen LogP contribution in [-0.2, 0) is 14.2 Å². The molecule has 0 aliphatic carbocycles. The van der Waals surface area contributed by atoms with Crippen LogP contribution in [0.15, 0.2) is 0 Å². The Morgan fingerprint density at radius 1 is 1.06 bits per heavy atom. The van der Waals surface area contributed by atoms with E-state index in [0.717, 1.165) is 32.7 Å². The maximum Gasteiger partial charge on any atom is 0.0548 e. The number of hydrogen-bond donors (Lipinski definition) is 0. The maximum atomic E-state index is 5.89. The standard InChI is InChI=1S/C14H30O3/c1-7-13(3)17-11-14(4,10-16-6)12(2)8-9-15-5/h12-13H,7-11H2,1-6H3. The third kappa shape index (κ3) is 6.39. The van der Waals surface area contributed by atoms with Gasteiger partial charge in [-0.05, 0) is 25.7 Å². The second kappa shape index (κ2) is 8.90. The van der Waals surface area contributed by atoms with Crippen LogP contribution in [-0.4, -0.2) is 40.1 Å². The quantitative estimate of drug-likeness (QED) is 0.593. The zero-order valence-electron chi connectivity index (χ0n) is 12.4. The van der Waals surface area contributed by atoms with E-state index < -0.39 is 0 Å². The summed E-state index contributed by atoms with van der Waals surface area (Å²) in [7, 11) is 3.50. The first-order chi connectivity index (χ1) is 8.00. The molecule has 0 N–H and O–H groups in total. The van der Waals surface area contributed by atoms with Crippen molar-refractivity contribution < 1.29 is 14.2 Å². The second-order valence-corrected chi connectivity index (χ2v) is 5.30. The highest BCUT2D eigenvalue weighted by Gasteiger charge is 2.31. The molecule has 0 saturated heterocycles. The summed E-state index contributed by atoms with van der Waals surface area (Å²) in [4.78, 5) is 0. The average Bonchev–Trinajstić information content (AvgIpc) is 2.33. The Morgan fingerprint density at radius 3 is 2.18 bits per heavy atom. The van der Waals surface area contributed by atoms with Crippen LogP contribution in [0.2, 0.25) is 0 Å². The zero-order chi connectivity index (χ0) is 13.3. The molecule has 0 aliphatic heterocycles. The normalized spacial score (nSPS) is 18.7. The maximum absolute atomic E-state index is 5.89. The van der Waals surface area contributed by atoms with E-state index in [1.165, 1.54) is 0 Å². The van der Waals surface area contributed by atoms with Crippen LogP contribution in [0, 0.1) is 11.3 Å². The minimum atomic E-state index is 0.0662. The van der Waals surface area contributed by atoms with Crippen LogP contribution in [0.5, 0.6) is 0 Å². The summed E-state index contributed by atoms with van der Waals surface area (Å²) in [5.41, 5.74) is 0.0662. The molecule has 3 nitrogen and oxygen atoms in total. The molecule has 0 aliphatic rings. The highest BCUT2D eigenvalue weighted by atomic mass is 16.5. The third-order valence-electron chi connectivity index (χ3n) is 3.69. The van der Waals surface area contributed by atoms with Crippen LogP contribution >= 0.6 is 0 Å². The first kappa shape index (κ1) is 16.9. The molecule has 0 radical (unpaired) electrons. The smallest absolute Gasteiger partial charge is 0.0548 e. The first-order valence-electron chi connectivity index (χ1n) is 6.59. The van der Waals surface area contributed by atoms with E-state index in [9.17, 15) is 0 Å². The van der Waals surface area contributed by atoms with E-state index in [4.69, 9.17) is 14.2 Å². The summed E-state index contributed by atoms with van der Waals surface area (Å²) in [5, 5.41) is 0. The number of rotatable bonds is 10. The van der Waals surface area contributed by atoms with Crippen molar-refractivity contribution in [1.29, 1.82) is 0 Å². The highest BCUT2D eigenvalue weighted by Crippen LogP contribution is 2.31. The van der Waals surface area contributed by atoms with Crippen LogP contribution < -0.4 is 0 Å². The van der Waals surface area contributed by atoms with E-state index in [2.05, 4.69) is 27.7 Å². The van der Waals surface area contributed by atoms with Crippen LogP contribution in [0.1, 0.15) is 40.5 Å². The Balaban J connectivity index is 4.31. The summed E-state index contributed by atoms with van der Waals surface area (Å²) in [6, 6.07) is 0. The number of methoxy groups -OCH3 is 2. The SMILES string of the molecule is CCC(C)OCC(C)(COC)C(C)CCOC. The summed E-state index contributed by atoms with van der Waals surface area (Å²) >= 11 is 0. The Hall–Kier alpha value is -0.120. The molecule has 104 valence electrons. The van der Waals surface area contributed by atoms with Crippen molar-refractivity contribution in [3.63, 3.8) is 0 Å². The van der Waals surface area contributed by atoms with Crippen molar-refractivity contribution in [2.24, 2.45) is 11.3 Å². The van der Waals surface area contributed by atoms with Crippen molar-refractivity contribution in [2.45, 2.75) is 46.6 Å². The van der Waals surface area contributed by atoms with Crippen molar-refractivity contribution >= 4 is 0 Å². The van der Waals surface area contributed by atoms with Gasteiger partial charge in [0.2, 0.25) is 0 Å². The summed E-state index contributed by atoms with van der Waals surface area (Å²) in [5.74, 6) is 0.520. The molecule has 0 saturated carbocycles. The number of ether oxygens (including phenoxy) is 3. The highest BCUT2D eigenvalue weighted by molar-refractivity contribution is 4.80. The van der Waals surface area contributed by atoms with Crippen LogP contribution in [0.25, 0.3) is 0 Å². The Kier molecular flexibility index (Phi) is 8.83. The van der Waals surface area contributed by atoms with E-state index in [1.807, 2.05) is 0 Å². The van der Waals surface area contributed by atoms with Gasteiger partial charge in [0.15, 0.2) is 0 Å². The second-order valence-electron chi connectivity index (χ2n) is 5.30. The fraction of sp³-hybridized carbons (Fsp3) is 1.00. The van der Waals surface area contributed by atoms with Gasteiger partial charge in [0, 0.05) is 26.2 Å². The molecule has 0 aromatic carbocycles. The summed E-state index contributed by atoms with van der Waals surface area (Å²) in [6.45, 7) is 11.0. The molecule has 0 rings (SSSR count). The molecule has 0 spiro atoms. The van der Waals surface area contributed by atoms with Gasteiger partial charge in [0.05, 0.1) is 19.3 Å². The predicted octanol–water partition coefficient (Wildman–Crippen LogP) is 3.13. The van der Waals surface area contributed by atoms with Crippen LogP contribution in [0.4, 0.5) is 0 Å². The van der Waals surface area contributed by atoms with Crippen molar-refractivity contribution in [2.75, 3.05) is 34.0 Å². The zero-order valence-corrected chi connectivity index (χ0v) is 12.4. The molecule has 3 unspecified atom stereocenters. The Labute approximate surface area is 107 Å². The molecule has 3 heteroatoms. The monoisotopic (exact) mass is 246 g/mol. The molecule has 0 aromatic rings. The van der Waals surface area contributed by atoms with Gasteiger partial charge in [-0.3, -0.25) is 0 Å². The largest absolute Gasteiger partial charge is 0.385 e. The molecule has 0 bridgehead atoms. The molecule has 0 heterocycles. The molecular weight excluding hydrogens is 216 g/mol. The average molecular weight is 246 g/mol. The topological polar surface area (TPSA) is 27.7 Å². The minimum absolute atomic E-state index is 0.0662. The summed E-state index contributed by atoms with van der Waals surface area (Å²) in [6.07, 6.45) is 2.41. The molecule has 0 fully saturated rings. The van der Waals surface area contributed by atoms with Gasteiger partial charge < -0.3 is 14.2 Å². The van der Waals surface area contributed by atoms with Gasteiger partial charge >= 0.3 is 0 Å². The van der Waals surface area contributed by atoms with Gasteiger partial charge in [-0.15, -0.1) is 0 Å². The fourth-order valence-electron chi connectivity index (χ4n) is 1.75. The summed E-state index contributed by atoms with van der Waals surface area (Å²) < 4.78 is 16.4. The lowest BCUT2D eigenvalue weighted by Gasteiger charge is -2.35. The van der Waals surface area contributed by atoms with E-state index >= 15 is 0 Å². The lowest BCUT2D eigenvalue weighted by atomic mass is 9.77. The number of hydrogen-bond acceptors (Lipinski definition) is 3. The van der Waals surface area contributed by atoms with Crippen molar-refractivity contribution in [3.8, 4) is 0 Å². The van der Waals surface area contributed by atoms with E-state index in [0.29, 0.717) is 12.0 Å². The molecular formula is C14H30O3. The molecule has 3 atom stereocenters. The molecule has 0 amide bonds. The lowest BCUT2D eigenvalue weighted by molar-refractivity contribution is -0.0577. The minimum Gasteiger partial charge on any atom is -0.385 e. The molecule has 17 heavy (non-hydrogen) atoms. The van der Waals surface area contributed by atoms with Gasteiger partial charge in [0.1, 0.15) is 0 Å². The van der Waals surface area contributed by atoms with E-state index in [1.54, 1.807) is 14.2 Å². The van der Waals surface area contributed by atoms with E-state index in [-0.39, 0.29) is 5.41 Å².